The van der Waals surface area contributed by atoms with E-state index in [9.17, 15) is 14.7 Å². The number of pyridine rings is 1. The first-order valence-corrected chi connectivity index (χ1v) is 15.0. The first-order valence-electron chi connectivity index (χ1n) is 14.1. The fourth-order valence-corrected chi connectivity index (χ4v) is 6.74. The SMILES string of the molecule is Cc1cc(C2CCN(C(=O)C3CC3)CC2)ccc1CCc1ccsc1-c1cccc(-n2ncc(C(=O)O)c2C)n1. The molecule has 8 heteroatoms. The van der Waals surface area contributed by atoms with E-state index in [0.29, 0.717) is 29.3 Å². The lowest BCUT2D eigenvalue weighted by Crippen LogP contribution is -2.38. The molecule has 1 aliphatic heterocycles. The molecule has 206 valence electrons. The number of carboxylic acid groups (broad SMARTS) is 1. The number of nitrogens with zero attached hydrogens (tertiary/aromatic N) is 4. The lowest BCUT2D eigenvalue weighted by molar-refractivity contribution is -0.133. The summed E-state index contributed by atoms with van der Waals surface area (Å²) in [5.74, 6) is 0.839. The number of rotatable bonds is 8. The minimum Gasteiger partial charge on any atom is -0.478 e. The highest BCUT2D eigenvalue weighted by Gasteiger charge is 2.35. The monoisotopic (exact) mass is 554 g/mol. The van der Waals surface area contributed by atoms with Crippen molar-refractivity contribution in [3.63, 3.8) is 0 Å². The van der Waals surface area contributed by atoms with E-state index in [0.717, 1.165) is 62.2 Å². The van der Waals surface area contributed by atoms with Crippen LogP contribution in [-0.2, 0) is 17.6 Å². The van der Waals surface area contributed by atoms with E-state index in [1.165, 1.54) is 28.5 Å². The zero-order valence-electron chi connectivity index (χ0n) is 23.0. The number of aryl methyl sites for hydroxylation is 3. The lowest BCUT2D eigenvalue weighted by Gasteiger charge is -2.32. The zero-order chi connectivity index (χ0) is 27.8. The number of carbonyl (C=O) groups excluding carboxylic acids is 1. The van der Waals surface area contributed by atoms with Gasteiger partial charge in [-0.15, -0.1) is 11.3 Å². The average molecular weight is 555 g/mol. The highest BCUT2D eigenvalue weighted by molar-refractivity contribution is 7.13. The lowest BCUT2D eigenvalue weighted by atomic mass is 9.87. The molecule has 0 bridgehead atoms. The van der Waals surface area contributed by atoms with E-state index in [1.807, 2.05) is 18.2 Å². The Morgan fingerprint density at radius 3 is 2.48 bits per heavy atom. The number of piperidine rings is 1. The second-order valence-corrected chi connectivity index (χ2v) is 12.0. The predicted molar refractivity (Wildman–Crippen MR) is 156 cm³/mol. The van der Waals surface area contributed by atoms with Crippen molar-refractivity contribution >= 4 is 23.2 Å². The van der Waals surface area contributed by atoms with Crippen molar-refractivity contribution in [1.29, 1.82) is 0 Å². The van der Waals surface area contributed by atoms with Gasteiger partial charge in [0.25, 0.3) is 0 Å². The van der Waals surface area contributed by atoms with E-state index in [4.69, 9.17) is 4.98 Å². The van der Waals surface area contributed by atoms with Crippen molar-refractivity contribution < 1.29 is 14.7 Å². The Bertz CT molecular complexity index is 1560. The number of likely N-dealkylation sites (tertiary alicyclic amines) is 1. The van der Waals surface area contributed by atoms with E-state index in [2.05, 4.69) is 46.6 Å². The zero-order valence-corrected chi connectivity index (χ0v) is 23.8. The normalized spacial score (nSPS) is 15.9. The Balaban J connectivity index is 1.12. The Hall–Kier alpha value is -3.78. The molecule has 3 aromatic heterocycles. The molecule has 0 radical (unpaired) electrons. The molecule has 1 saturated carbocycles. The number of amides is 1. The first kappa shape index (κ1) is 26.4. The third-order valence-corrected chi connectivity index (χ3v) is 9.39. The summed E-state index contributed by atoms with van der Waals surface area (Å²) in [6.45, 7) is 5.73. The second-order valence-electron chi connectivity index (χ2n) is 11.1. The van der Waals surface area contributed by atoms with Gasteiger partial charge in [0.1, 0.15) is 5.56 Å². The maximum atomic E-state index is 12.4. The Morgan fingerprint density at radius 1 is 1.00 bits per heavy atom. The van der Waals surface area contributed by atoms with Gasteiger partial charge >= 0.3 is 5.97 Å². The van der Waals surface area contributed by atoms with Crippen molar-refractivity contribution in [2.45, 2.75) is 58.3 Å². The molecule has 1 N–H and O–H groups in total. The van der Waals surface area contributed by atoms with Gasteiger partial charge in [-0.3, -0.25) is 4.79 Å². The molecule has 6 rings (SSSR count). The number of aromatic nitrogens is 3. The topological polar surface area (TPSA) is 88.3 Å². The standard InChI is InChI=1S/C32H34N4O3S/c1-20-18-26(23-12-15-35(16-13-23)31(37)25-9-10-25)11-7-22(20)6-8-24-14-17-40-30(24)28-4-3-5-29(34-28)36-21(2)27(19-33-36)32(38)39/h3-5,7,11,14,17-19,23,25H,6,8-10,12-13,15-16H2,1-2H3,(H,38,39). The summed E-state index contributed by atoms with van der Waals surface area (Å²) in [7, 11) is 0. The molecule has 0 spiro atoms. The molecule has 1 saturated heterocycles. The van der Waals surface area contributed by atoms with Crippen LogP contribution in [0.4, 0.5) is 0 Å². The number of carboxylic acids is 1. The number of carbonyl (C=O) groups is 2. The summed E-state index contributed by atoms with van der Waals surface area (Å²) in [6, 6.07) is 14.9. The van der Waals surface area contributed by atoms with Gasteiger partial charge in [0.05, 0.1) is 22.5 Å². The average Bonchev–Trinajstić information content (AvgIpc) is 3.58. The van der Waals surface area contributed by atoms with E-state index in [-0.39, 0.29) is 5.56 Å². The number of thiophene rings is 1. The van der Waals surface area contributed by atoms with Gasteiger partial charge < -0.3 is 10.0 Å². The molecule has 1 aliphatic carbocycles. The van der Waals surface area contributed by atoms with Crippen LogP contribution < -0.4 is 0 Å². The van der Waals surface area contributed by atoms with Crippen molar-refractivity contribution in [3.8, 4) is 16.4 Å². The molecule has 0 unspecified atom stereocenters. The minimum atomic E-state index is -0.991. The summed E-state index contributed by atoms with van der Waals surface area (Å²) in [4.78, 5) is 31.9. The third kappa shape index (κ3) is 5.32. The van der Waals surface area contributed by atoms with Gasteiger partial charge in [-0.2, -0.15) is 5.10 Å². The van der Waals surface area contributed by atoms with Gasteiger partial charge in [-0.25, -0.2) is 14.5 Å². The van der Waals surface area contributed by atoms with Gasteiger partial charge in [-0.05, 0) is 104 Å². The van der Waals surface area contributed by atoms with E-state index >= 15 is 0 Å². The third-order valence-electron chi connectivity index (χ3n) is 8.41. The first-order chi connectivity index (χ1) is 19.4. The van der Waals surface area contributed by atoms with E-state index < -0.39 is 5.97 Å². The largest absolute Gasteiger partial charge is 0.478 e. The highest BCUT2D eigenvalue weighted by Crippen LogP contribution is 2.35. The predicted octanol–water partition coefficient (Wildman–Crippen LogP) is 6.21. The molecule has 1 aromatic carbocycles. The summed E-state index contributed by atoms with van der Waals surface area (Å²) >= 11 is 1.67. The van der Waals surface area contributed by atoms with Crippen LogP contribution in [0, 0.1) is 19.8 Å². The van der Waals surface area contributed by atoms with Crippen LogP contribution in [0.3, 0.4) is 0 Å². The van der Waals surface area contributed by atoms with Crippen LogP contribution >= 0.6 is 11.3 Å². The van der Waals surface area contributed by atoms with Crippen molar-refractivity contribution in [3.05, 3.63) is 87.6 Å². The summed E-state index contributed by atoms with van der Waals surface area (Å²) in [5, 5.41) is 15.7. The van der Waals surface area contributed by atoms with Gasteiger partial charge in [-0.1, -0.05) is 24.3 Å². The van der Waals surface area contributed by atoms with Crippen LogP contribution in [0.25, 0.3) is 16.4 Å². The van der Waals surface area contributed by atoms with Crippen LogP contribution in [0.1, 0.15) is 69.9 Å². The fourth-order valence-electron chi connectivity index (χ4n) is 5.82. The number of hydrogen-bond donors (Lipinski definition) is 1. The molecule has 40 heavy (non-hydrogen) atoms. The highest BCUT2D eigenvalue weighted by atomic mass is 32.1. The molecule has 7 nitrogen and oxygen atoms in total. The van der Waals surface area contributed by atoms with Gasteiger partial charge in [0, 0.05) is 19.0 Å². The molecule has 0 atom stereocenters. The van der Waals surface area contributed by atoms with Gasteiger partial charge in [0.15, 0.2) is 5.82 Å². The maximum absolute atomic E-state index is 12.4. The molecule has 4 heterocycles. The molecular weight excluding hydrogens is 520 g/mol. The Labute approximate surface area is 238 Å². The van der Waals surface area contributed by atoms with Crippen molar-refractivity contribution in [2.75, 3.05) is 13.1 Å². The van der Waals surface area contributed by atoms with Crippen LogP contribution in [0.5, 0.6) is 0 Å². The molecular formula is C32H34N4O3S. The quantitative estimate of drug-likeness (QED) is 0.280. The fraction of sp³-hybridized carbons (Fsp3) is 0.375. The second kappa shape index (κ2) is 11.0. The van der Waals surface area contributed by atoms with Crippen LogP contribution in [0.15, 0.2) is 54.0 Å². The number of benzene rings is 1. The molecule has 1 amide bonds. The summed E-state index contributed by atoms with van der Waals surface area (Å²) in [5.41, 5.74) is 6.95. The van der Waals surface area contributed by atoms with Crippen molar-refractivity contribution in [1.82, 2.24) is 19.7 Å². The molecule has 4 aromatic rings. The smallest absolute Gasteiger partial charge is 0.339 e. The minimum absolute atomic E-state index is 0.180. The Kier molecular flexibility index (Phi) is 7.27. The molecule has 2 fully saturated rings. The summed E-state index contributed by atoms with van der Waals surface area (Å²) in [6.07, 6.45) is 7.50. The number of aromatic carboxylic acids is 1. The summed E-state index contributed by atoms with van der Waals surface area (Å²) < 4.78 is 1.58. The van der Waals surface area contributed by atoms with Gasteiger partial charge in [0.2, 0.25) is 5.91 Å². The maximum Gasteiger partial charge on any atom is 0.339 e. The Morgan fingerprint density at radius 2 is 1.77 bits per heavy atom. The van der Waals surface area contributed by atoms with Crippen LogP contribution in [0.2, 0.25) is 0 Å². The van der Waals surface area contributed by atoms with Crippen LogP contribution in [-0.4, -0.2) is 49.7 Å². The number of hydrogen-bond acceptors (Lipinski definition) is 5. The van der Waals surface area contributed by atoms with Crippen molar-refractivity contribution in [2.24, 2.45) is 5.92 Å². The van der Waals surface area contributed by atoms with E-state index in [1.54, 1.807) is 22.9 Å². The molecule has 2 aliphatic rings.